The number of carboxylic acid groups (broad SMARTS) is 1. The highest BCUT2D eigenvalue weighted by atomic mass is 16.5. The number of hydrogen-bond donors (Lipinski definition) is 2. The van der Waals surface area contributed by atoms with Crippen LogP contribution in [-0.2, 0) is 6.54 Å². The Morgan fingerprint density at radius 2 is 1.93 bits per heavy atom. The predicted molar refractivity (Wildman–Crippen MR) is 114 cm³/mol. The zero-order valence-corrected chi connectivity index (χ0v) is 16.9. The van der Waals surface area contributed by atoms with E-state index in [9.17, 15) is 9.90 Å². The van der Waals surface area contributed by atoms with Gasteiger partial charge in [0.25, 0.3) is 0 Å². The minimum absolute atomic E-state index is 0.138. The van der Waals surface area contributed by atoms with Crippen molar-refractivity contribution in [2.75, 3.05) is 37.5 Å². The molecule has 3 rings (SSSR count). The van der Waals surface area contributed by atoms with Crippen molar-refractivity contribution in [2.24, 2.45) is 0 Å². The van der Waals surface area contributed by atoms with Gasteiger partial charge in [0.1, 0.15) is 18.2 Å². The Morgan fingerprint density at radius 1 is 1.13 bits per heavy atom. The number of rotatable bonds is 9. The fourth-order valence-corrected chi connectivity index (χ4v) is 2.59. The molecule has 0 aliphatic heterocycles. The summed E-state index contributed by atoms with van der Waals surface area (Å²) in [5, 5.41) is 12.7. The number of carbonyl (C=O) groups is 1. The van der Waals surface area contributed by atoms with Crippen LogP contribution in [0.2, 0.25) is 0 Å². The number of amides is 1. The maximum Gasteiger partial charge on any atom is 0.413 e. The van der Waals surface area contributed by atoms with Crippen LogP contribution in [0.5, 0.6) is 5.75 Å². The summed E-state index contributed by atoms with van der Waals surface area (Å²) in [5.41, 5.74) is 1.53. The third-order valence-corrected chi connectivity index (χ3v) is 4.13. The van der Waals surface area contributed by atoms with E-state index in [0.29, 0.717) is 12.6 Å². The van der Waals surface area contributed by atoms with E-state index < -0.39 is 6.09 Å². The van der Waals surface area contributed by atoms with E-state index in [4.69, 9.17) is 4.74 Å². The number of hydrogen-bond acceptors (Lipinski definition) is 7. The van der Waals surface area contributed by atoms with Gasteiger partial charge in [-0.05, 0) is 56.1 Å². The number of nitrogens with one attached hydrogen (secondary N) is 1. The number of nitrogens with zero attached hydrogens (tertiary/aromatic N) is 5. The lowest BCUT2D eigenvalue weighted by atomic mass is 10.2. The number of benzene rings is 1. The minimum atomic E-state index is -1.11. The number of likely N-dealkylation sites (N-methyl/N-ethyl adjacent to an activating group) is 1. The van der Waals surface area contributed by atoms with E-state index in [1.165, 1.54) is 6.20 Å². The number of anilines is 3. The fourth-order valence-electron chi connectivity index (χ4n) is 2.59. The molecule has 0 aliphatic carbocycles. The molecule has 0 atom stereocenters. The smallest absolute Gasteiger partial charge is 0.413 e. The van der Waals surface area contributed by atoms with E-state index in [2.05, 4.69) is 25.2 Å². The minimum Gasteiger partial charge on any atom is -0.492 e. The fraction of sp³-hybridized carbons (Fsp3) is 0.238. The lowest BCUT2D eigenvalue weighted by Gasteiger charge is -2.18. The van der Waals surface area contributed by atoms with E-state index in [0.717, 1.165) is 28.4 Å². The lowest BCUT2D eigenvalue weighted by molar-refractivity contribution is 0.201. The van der Waals surface area contributed by atoms with Gasteiger partial charge in [0.05, 0.1) is 6.54 Å². The van der Waals surface area contributed by atoms with E-state index in [1.54, 1.807) is 24.5 Å². The molecule has 9 heteroatoms. The molecule has 9 nitrogen and oxygen atoms in total. The van der Waals surface area contributed by atoms with Crippen molar-refractivity contribution >= 4 is 23.5 Å². The van der Waals surface area contributed by atoms with Crippen LogP contribution < -0.4 is 15.0 Å². The van der Waals surface area contributed by atoms with Crippen LogP contribution in [0.4, 0.5) is 22.2 Å². The molecule has 0 radical (unpaired) electrons. The molecule has 0 fully saturated rings. The average molecular weight is 408 g/mol. The highest BCUT2D eigenvalue weighted by molar-refractivity contribution is 5.84. The predicted octanol–water partition coefficient (Wildman–Crippen LogP) is 3.24. The van der Waals surface area contributed by atoms with Crippen LogP contribution in [-0.4, -0.2) is 58.3 Å². The van der Waals surface area contributed by atoms with Gasteiger partial charge in [-0.2, -0.15) is 4.98 Å². The molecule has 0 saturated heterocycles. The van der Waals surface area contributed by atoms with E-state index in [1.807, 2.05) is 44.4 Å². The first kappa shape index (κ1) is 21.0. The Labute approximate surface area is 175 Å². The number of aromatic nitrogens is 3. The monoisotopic (exact) mass is 408 g/mol. The van der Waals surface area contributed by atoms with Gasteiger partial charge in [-0.1, -0.05) is 6.07 Å². The topological polar surface area (TPSA) is 104 Å². The summed E-state index contributed by atoms with van der Waals surface area (Å²) in [5.74, 6) is 1.34. The van der Waals surface area contributed by atoms with Crippen molar-refractivity contribution in [2.45, 2.75) is 6.54 Å². The third-order valence-electron chi connectivity index (χ3n) is 4.13. The van der Waals surface area contributed by atoms with Gasteiger partial charge < -0.3 is 20.1 Å². The second-order valence-corrected chi connectivity index (χ2v) is 6.77. The molecule has 0 unspecified atom stereocenters. The van der Waals surface area contributed by atoms with Crippen LogP contribution >= 0.6 is 0 Å². The SMILES string of the molecule is CN(C)CCOc1ccc(Nc2nccc(N(Cc3cccnc3)C(=O)O)n2)cc1. The highest BCUT2D eigenvalue weighted by Gasteiger charge is 2.17. The molecule has 2 heterocycles. The molecule has 1 aromatic carbocycles. The van der Waals surface area contributed by atoms with Gasteiger partial charge in [0, 0.05) is 30.8 Å². The van der Waals surface area contributed by atoms with Crippen molar-refractivity contribution in [3.05, 3.63) is 66.6 Å². The summed E-state index contributed by atoms with van der Waals surface area (Å²) < 4.78 is 5.68. The lowest BCUT2D eigenvalue weighted by Crippen LogP contribution is -2.29. The Kier molecular flexibility index (Phi) is 7.12. The molecule has 0 saturated carbocycles. The van der Waals surface area contributed by atoms with Crippen LogP contribution in [0.3, 0.4) is 0 Å². The van der Waals surface area contributed by atoms with Gasteiger partial charge in [-0.25, -0.2) is 9.78 Å². The van der Waals surface area contributed by atoms with Crippen LogP contribution in [0.25, 0.3) is 0 Å². The standard InChI is InChI=1S/C21H24N6O3/c1-26(2)12-13-30-18-7-5-17(6-8-18)24-20-23-11-9-19(25-20)27(21(28)29)15-16-4-3-10-22-14-16/h3-11,14H,12-13,15H2,1-2H3,(H,28,29)(H,23,24,25). The summed E-state index contributed by atoms with van der Waals surface area (Å²) in [7, 11) is 3.99. The van der Waals surface area contributed by atoms with E-state index >= 15 is 0 Å². The largest absolute Gasteiger partial charge is 0.492 e. The van der Waals surface area contributed by atoms with Gasteiger partial charge in [0.2, 0.25) is 5.95 Å². The molecule has 1 amide bonds. The first-order valence-corrected chi connectivity index (χ1v) is 9.38. The Morgan fingerprint density at radius 3 is 2.60 bits per heavy atom. The summed E-state index contributed by atoms with van der Waals surface area (Å²) in [4.78, 5) is 27.5. The Hall–Kier alpha value is -3.72. The van der Waals surface area contributed by atoms with Crippen molar-refractivity contribution < 1.29 is 14.6 Å². The third kappa shape index (κ3) is 6.14. The van der Waals surface area contributed by atoms with Crippen molar-refractivity contribution in [1.82, 2.24) is 19.9 Å². The quantitative estimate of drug-likeness (QED) is 0.556. The van der Waals surface area contributed by atoms with Crippen molar-refractivity contribution in [3.63, 3.8) is 0 Å². The maximum absolute atomic E-state index is 11.7. The van der Waals surface area contributed by atoms with Gasteiger partial charge in [-0.3, -0.25) is 9.88 Å². The molecule has 30 heavy (non-hydrogen) atoms. The van der Waals surface area contributed by atoms with Crippen LogP contribution in [0.15, 0.2) is 61.1 Å². The van der Waals surface area contributed by atoms with E-state index in [-0.39, 0.29) is 12.4 Å². The molecule has 3 aromatic rings. The first-order chi connectivity index (χ1) is 14.5. The molecular formula is C21H24N6O3. The Bertz CT molecular complexity index is 950. The first-order valence-electron chi connectivity index (χ1n) is 9.38. The van der Waals surface area contributed by atoms with Crippen molar-refractivity contribution in [3.8, 4) is 5.75 Å². The van der Waals surface area contributed by atoms with Gasteiger partial charge >= 0.3 is 6.09 Å². The molecule has 0 bridgehead atoms. The molecule has 0 spiro atoms. The van der Waals surface area contributed by atoms with Crippen molar-refractivity contribution in [1.29, 1.82) is 0 Å². The van der Waals surface area contributed by atoms with Crippen LogP contribution in [0.1, 0.15) is 5.56 Å². The summed E-state index contributed by atoms with van der Waals surface area (Å²) in [6.07, 6.45) is 3.67. The van der Waals surface area contributed by atoms with Gasteiger partial charge in [0.15, 0.2) is 0 Å². The molecule has 156 valence electrons. The zero-order valence-electron chi connectivity index (χ0n) is 16.9. The molecule has 2 N–H and O–H groups in total. The second-order valence-electron chi connectivity index (χ2n) is 6.77. The maximum atomic E-state index is 11.7. The van der Waals surface area contributed by atoms with Crippen LogP contribution in [0, 0.1) is 0 Å². The summed E-state index contributed by atoms with van der Waals surface area (Å²) >= 11 is 0. The normalized spacial score (nSPS) is 10.6. The second kappa shape index (κ2) is 10.2. The highest BCUT2D eigenvalue weighted by Crippen LogP contribution is 2.20. The number of ether oxygens (including phenoxy) is 1. The molecule has 0 aliphatic rings. The Balaban J connectivity index is 1.67. The zero-order chi connectivity index (χ0) is 21.3. The van der Waals surface area contributed by atoms with Gasteiger partial charge in [-0.15, -0.1) is 0 Å². The summed E-state index contributed by atoms with van der Waals surface area (Å²) in [6, 6.07) is 12.5. The molecule has 2 aromatic heterocycles. The molecular weight excluding hydrogens is 384 g/mol. The number of pyridine rings is 1. The summed E-state index contributed by atoms with van der Waals surface area (Å²) in [6.45, 7) is 1.57. The average Bonchev–Trinajstić information content (AvgIpc) is 2.74.